The molecule has 5 rings (SSSR count). The van der Waals surface area contributed by atoms with Gasteiger partial charge in [0.05, 0.1) is 40.3 Å². The van der Waals surface area contributed by atoms with Gasteiger partial charge < -0.3 is 19.5 Å². The van der Waals surface area contributed by atoms with Gasteiger partial charge in [-0.3, -0.25) is 14.6 Å². The maximum absolute atomic E-state index is 13.6. The summed E-state index contributed by atoms with van der Waals surface area (Å²) in [4.78, 5) is 31.8. The first kappa shape index (κ1) is 36.3. The summed E-state index contributed by atoms with van der Waals surface area (Å²) < 4.78 is 12.1. The molecule has 0 radical (unpaired) electrons. The van der Waals surface area contributed by atoms with E-state index in [1.807, 2.05) is 18.2 Å². The van der Waals surface area contributed by atoms with E-state index in [9.17, 15) is 14.7 Å². The van der Waals surface area contributed by atoms with E-state index in [4.69, 9.17) is 44.9 Å². The number of carboxylic acid groups (broad SMARTS) is 1. The first-order valence-corrected chi connectivity index (χ1v) is 17.8. The van der Waals surface area contributed by atoms with Crippen LogP contribution in [-0.4, -0.2) is 96.1 Å². The Labute approximate surface area is 301 Å². The molecule has 254 valence electrons. The van der Waals surface area contributed by atoms with Crippen molar-refractivity contribution in [3.63, 3.8) is 0 Å². The van der Waals surface area contributed by atoms with E-state index in [0.29, 0.717) is 64.4 Å². The summed E-state index contributed by atoms with van der Waals surface area (Å²) in [6, 6.07) is 16.8. The highest BCUT2D eigenvalue weighted by molar-refractivity contribution is 8.26. The van der Waals surface area contributed by atoms with Crippen LogP contribution < -0.4 is 4.74 Å². The van der Waals surface area contributed by atoms with Crippen LogP contribution in [0.2, 0.25) is 10.0 Å². The number of benzene rings is 3. The SMILES string of the molecule is CN(C)CCCc1ccc(-c2ccc(Cl)c(Cl)c2)cc1/C=C1\SC(=S)N(CCCOc2ccc(C(=O)O)cc2CN2CCOCC2)C1=O. The fourth-order valence-electron chi connectivity index (χ4n) is 5.61. The molecule has 2 aliphatic rings. The Kier molecular flexibility index (Phi) is 13.0. The zero-order valence-electron chi connectivity index (χ0n) is 27.0. The Morgan fingerprint density at radius 2 is 1.77 bits per heavy atom. The van der Waals surface area contributed by atoms with Crippen molar-refractivity contribution in [2.24, 2.45) is 0 Å². The lowest BCUT2D eigenvalue weighted by atomic mass is 9.96. The van der Waals surface area contributed by atoms with E-state index in [-0.39, 0.29) is 11.5 Å². The Hall–Kier alpha value is -2.96. The largest absolute Gasteiger partial charge is 0.493 e. The first-order valence-electron chi connectivity index (χ1n) is 15.9. The highest BCUT2D eigenvalue weighted by Gasteiger charge is 2.32. The van der Waals surface area contributed by atoms with Crippen molar-refractivity contribution >= 4 is 69.5 Å². The van der Waals surface area contributed by atoms with Crippen LogP contribution in [0.3, 0.4) is 0 Å². The van der Waals surface area contributed by atoms with Crippen molar-refractivity contribution in [1.29, 1.82) is 0 Å². The lowest BCUT2D eigenvalue weighted by Gasteiger charge is -2.27. The molecule has 2 aliphatic heterocycles. The maximum Gasteiger partial charge on any atom is 0.335 e. The molecule has 0 unspecified atom stereocenters. The Morgan fingerprint density at radius 1 is 1.02 bits per heavy atom. The van der Waals surface area contributed by atoms with Crippen LogP contribution >= 0.6 is 47.2 Å². The molecule has 0 aliphatic carbocycles. The number of thioether (sulfide) groups is 1. The van der Waals surface area contributed by atoms with Crippen LogP contribution in [0.25, 0.3) is 17.2 Å². The van der Waals surface area contributed by atoms with Crippen LogP contribution in [0.5, 0.6) is 5.75 Å². The van der Waals surface area contributed by atoms with Gasteiger partial charge in [0.2, 0.25) is 0 Å². The third-order valence-corrected chi connectivity index (χ3v) is 10.3. The van der Waals surface area contributed by atoms with Gasteiger partial charge in [-0.2, -0.15) is 0 Å². The summed E-state index contributed by atoms with van der Waals surface area (Å²) in [6.07, 6.45) is 4.35. The quantitative estimate of drug-likeness (QED) is 0.104. The number of carbonyl (C=O) groups is 2. The smallest absolute Gasteiger partial charge is 0.335 e. The van der Waals surface area contributed by atoms with Crippen molar-refractivity contribution < 1.29 is 24.2 Å². The molecule has 0 aromatic heterocycles. The molecule has 0 atom stereocenters. The normalized spacial score (nSPS) is 16.4. The second-order valence-electron chi connectivity index (χ2n) is 12.0. The molecule has 0 saturated carbocycles. The number of halogens is 2. The Morgan fingerprint density at radius 3 is 2.50 bits per heavy atom. The topological polar surface area (TPSA) is 82.6 Å². The van der Waals surface area contributed by atoms with Crippen molar-refractivity contribution in [1.82, 2.24) is 14.7 Å². The van der Waals surface area contributed by atoms with Crippen LogP contribution in [0.4, 0.5) is 0 Å². The second-order valence-corrected chi connectivity index (χ2v) is 14.5. The number of hydrogen-bond acceptors (Lipinski definition) is 8. The number of carboxylic acids is 1. The molecule has 0 bridgehead atoms. The second kappa shape index (κ2) is 17.1. The summed E-state index contributed by atoms with van der Waals surface area (Å²) in [6.45, 7) is 5.12. The summed E-state index contributed by atoms with van der Waals surface area (Å²) in [5, 5.41) is 10.5. The highest BCUT2D eigenvalue weighted by Crippen LogP contribution is 2.35. The summed E-state index contributed by atoms with van der Waals surface area (Å²) in [5.41, 5.74) is 5.08. The van der Waals surface area contributed by atoms with Gasteiger partial charge in [0.25, 0.3) is 5.91 Å². The van der Waals surface area contributed by atoms with Gasteiger partial charge in [0.15, 0.2) is 0 Å². The minimum Gasteiger partial charge on any atom is -0.493 e. The molecule has 0 spiro atoms. The van der Waals surface area contributed by atoms with Crippen molar-refractivity contribution in [2.75, 3.05) is 60.1 Å². The monoisotopic (exact) mass is 727 g/mol. The number of morpholine rings is 1. The summed E-state index contributed by atoms with van der Waals surface area (Å²) >= 11 is 19.4. The third-order valence-electron chi connectivity index (χ3n) is 8.20. The third kappa shape index (κ3) is 9.59. The van der Waals surface area contributed by atoms with Crippen LogP contribution in [0.1, 0.15) is 39.9 Å². The fourth-order valence-corrected chi connectivity index (χ4v) is 7.21. The molecule has 1 amide bonds. The number of aryl methyl sites for hydroxylation is 1. The predicted octanol–water partition coefficient (Wildman–Crippen LogP) is 7.36. The zero-order chi connectivity index (χ0) is 34.2. The van der Waals surface area contributed by atoms with Gasteiger partial charge in [0, 0.05) is 31.7 Å². The molecule has 2 saturated heterocycles. The minimum absolute atomic E-state index is 0.122. The van der Waals surface area contributed by atoms with E-state index in [1.54, 1.807) is 29.2 Å². The average molecular weight is 729 g/mol. The molecular formula is C36H39Cl2N3O5S2. The standard InChI is InChI=1S/C36H39Cl2N3O5S2/c1-39(2)12-3-5-24-6-7-25(26-8-10-30(37)31(38)21-26)19-28(24)22-33-34(42)41(36(47)48-33)13-4-16-46-32-11-9-27(35(43)44)20-29(32)23-40-14-17-45-18-15-40/h6-11,19-22H,3-5,12-18,23H2,1-2H3,(H,43,44)/b33-22-. The summed E-state index contributed by atoms with van der Waals surface area (Å²) in [7, 11) is 4.12. The van der Waals surface area contributed by atoms with Crippen LogP contribution in [0.15, 0.2) is 59.5 Å². The van der Waals surface area contributed by atoms with Gasteiger partial charge in [-0.05, 0) is 105 Å². The Bertz CT molecular complexity index is 1690. The predicted molar refractivity (Wildman–Crippen MR) is 198 cm³/mol. The zero-order valence-corrected chi connectivity index (χ0v) is 30.2. The highest BCUT2D eigenvalue weighted by atomic mass is 35.5. The molecule has 2 fully saturated rings. The van der Waals surface area contributed by atoms with E-state index < -0.39 is 5.97 Å². The van der Waals surface area contributed by atoms with Gasteiger partial charge >= 0.3 is 5.97 Å². The number of rotatable bonds is 14. The minimum atomic E-state index is -0.978. The fraction of sp³-hybridized carbons (Fsp3) is 0.361. The van der Waals surface area contributed by atoms with Crippen molar-refractivity contribution in [2.45, 2.75) is 25.8 Å². The van der Waals surface area contributed by atoms with Crippen molar-refractivity contribution in [3.8, 4) is 16.9 Å². The van der Waals surface area contributed by atoms with Gasteiger partial charge in [-0.1, -0.05) is 65.4 Å². The van der Waals surface area contributed by atoms with E-state index in [0.717, 1.165) is 60.3 Å². The molecule has 12 heteroatoms. The van der Waals surface area contributed by atoms with Crippen molar-refractivity contribution in [3.05, 3.63) is 91.8 Å². The van der Waals surface area contributed by atoms with Gasteiger partial charge in [-0.25, -0.2) is 4.79 Å². The van der Waals surface area contributed by atoms with Crippen LogP contribution in [-0.2, 0) is 22.5 Å². The lowest BCUT2D eigenvalue weighted by Crippen LogP contribution is -2.35. The Balaban J connectivity index is 1.27. The molecule has 3 aromatic rings. The van der Waals surface area contributed by atoms with Crippen LogP contribution in [0, 0.1) is 0 Å². The number of thiocarbonyl (C=S) groups is 1. The number of aromatic carboxylic acids is 1. The van der Waals surface area contributed by atoms with E-state index in [2.05, 4.69) is 42.1 Å². The molecule has 2 heterocycles. The molecule has 48 heavy (non-hydrogen) atoms. The van der Waals surface area contributed by atoms with Gasteiger partial charge in [0.1, 0.15) is 10.1 Å². The summed E-state index contributed by atoms with van der Waals surface area (Å²) in [5.74, 6) is -0.461. The average Bonchev–Trinajstić information content (AvgIpc) is 3.33. The molecule has 3 aromatic carbocycles. The number of amides is 1. The number of nitrogens with zero attached hydrogens (tertiary/aromatic N) is 3. The number of hydrogen-bond donors (Lipinski definition) is 1. The first-order chi connectivity index (χ1) is 23.1. The molecule has 1 N–H and O–H groups in total. The van der Waals surface area contributed by atoms with Gasteiger partial charge in [-0.15, -0.1) is 0 Å². The molecular weight excluding hydrogens is 689 g/mol. The maximum atomic E-state index is 13.6. The van der Waals surface area contributed by atoms with E-state index >= 15 is 0 Å². The van der Waals surface area contributed by atoms with E-state index in [1.165, 1.54) is 11.8 Å². The lowest BCUT2D eigenvalue weighted by molar-refractivity contribution is -0.122. The number of carbonyl (C=O) groups excluding carboxylic acids is 1. The molecule has 8 nitrogen and oxygen atoms in total. The number of ether oxygens (including phenoxy) is 2.